The van der Waals surface area contributed by atoms with Gasteiger partial charge in [-0.3, -0.25) is 0 Å². The molecule has 0 saturated heterocycles. The summed E-state index contributed by atoms with van der Waals surface area (Å²) in [5.74, 6) is 2.93. The molecule has 6 nitrogen and oxygen atoms in total. The molecule has 3 rings (SSSR count). The van der Waals surface area contributed by atoms with E-state index in [-0.39, 0.29) is 6.04 Å². The SMILES string of the molecule is COc1cccc2cc([C@H](C)NCCc3nc(C)no3)oc12. The van der Waals surface area contributed by atoms with Crippen LogP contribution in [0.25, 0.3) is 11.0 Å². The number of fused-ring (bicyclic) bond motifs is 1. The van der Waals surface area contributed by atoms with Gasteiger partial charge in [0.15, 0.2) is 17.2 Å². The lowest BCUT2D eigenvalue weighted by Gasteiger charge is -2.09. The third kappa shape index (κ3) is 2.96. The van der Waals surface area contributed by atoms with Gasteiger partial charge in [0.1, 0.15) is 5.76 Å². The van der Waals surface area contributed by atoms with E-state index >= 15 is 0 Å². The number of benzene rings is 1. The van der Waals surface area contributed by atoms with Crippen molar-refractivity contribution in [3.63, 3.8) is 0 Å². The van der Waals surface area contributed by atoms with Crippen LogP contribution in [-0.2, 0) is 6.42 Å². The minimum Gasteiger partial charge on any atom is -0.493 e. The predicted octanol–water partition coefficient (Wildman–Crippen LogP) is 3.03. The van der Waals surface area contributed by atoms with Gasteiger partial charge in [-0.05, 0) is 26.0 Å². The maximum Gasteiger partial charge on any atom is 0.227 e. The first-order chi connectivity index (χ1) is 10.7. The van der Waals surface area contributed by atoms with Crippen LogP contribution in [-0.4, -0.2) is 23.8 Å². The van der Waals surface area contributed by atoms with Crippen LogP contribution < -0.4 is 10.1 Å². The lowest BCUT2D eigenvalue weighted by molar-refractivity contribution is 0.366. The van der Waals surface area contributed by atoms with Crippen LogP contribution in [0.3, 0.4) is 0 Å². The molecule has 1 N–H and O–H groups in total. The molecular formula is C16H19N3O3. The summed E-state index contributed by atoms with van der Waals surface area (Å²) in [5.41, 5.74) is 0.779. The van der Waals surface area contributed by atoms with E-state index in [4.69, 9.17) is 13.7 Å². The van der Waals surface area contributed by atoms with Crippen LogP contribution in [0.1, 0.15) is 30.4 Å². The molecular weight excluding hydrogens is 282 g/mol. The number of nitrogens with one attached hydrogen (secondary N) is 1. The zero-order chi connectivity index (χ0) is 15.5. The molecule has 0 amide bonds. The Bertz CT molecular complexity index is 763. The van der Waals surface area contributed by atoms with E-state index < -0.39 is 0 Å². The Labute approximate surface area is 128 Å². The van der Waals surface area contributed by atoms with Crippen LogP contribution in [0.2, 0.25) is 0 Å². The van der Waals surface area contributed by atoms with E-state index in [2.05, 4.69) is 22.4 Å². The maximum absolute atomic E-state index is 5.92. The van der Waals surface area contributed by atoms with E-state index in [0.29, 0.717) is 18.1 Å². The fraction of sp³-hybridized carbons (Fsp3) is 0.375. The van der Waals surface area contributed by atoms with Gasteiger partial charge in [0, 0.05) is 18.4 Å². The van der Waals surface area contributed by atoms with E-state index in [1.165, 1.54) is 0 Å². The van der Waals surface area contributed by atoms with Gasteiger partial charge in [-0.1, -0.05) is 17.3 Å². The topological polar surface area (TPSA) is 73.3 Å². The first kappa shape index (κ1) is 14.6. The quantitative estimate of drug-likeness (QED) is 0.754. The van der Waals surface area contributed by atoms with E-state index in [1.807, 2.05) is 31.2 Å². The van der Waals surface area contributed by atoms with Crippen molar-refractivity contribution in [2.75, 3.05) is 13.7 Å². The van der Waals surface area contributed by atoms with Crippen molar-refractivity contribution in [1.82, 2.24) is 15.5 Å². The highest BCUT2D eigenvalue weighted by atomic mass is 16.5. The highest BCUT2D eigenvalue weighted by Gasteiger charge is 2.14. The number of aryl methyl sites for hydroxylation is 1. The van der Waals surface area contributed by atoms with E-state index in [9.17, 15) is 0 Å². The van der Waals surface area contributed by atoms with Gasteiger partial charge in [-0.2, -0.15) is 4.98 Å². The van der Waals surface area contributed by atoms with Crippen molar-refractivity contribution < 1.29 is 13.7 Å². The monoisotopic (exact) mass is 301 g/mol. The molecule has 2 heterocycles. The first-order valence-electron chi connectivity index (χ1n) is 7.26. The van der Waals surface area contributed by atoms with Gasteiger partial charge >= 0.3 is 0 Å². The molecule has 0 aliphatic heterocycles. The Balaban J connectivity index is 1.65. The minimum atomic E-state index is 0.0844. The molecule has 0 saturated carbocycles. The third-order valence-electron chi connectivity index (χ3n) is 3.53. The van der Waals surface area contributed by atoms with Crippen LogP contribution in [0.5, 0.6) is 5.75 Å². The zero-order valence-corrected chi connectivity index (χ0v) is 12.9. The van der Waals surface area contributed by atoms with Gasteiger partial charge in [0.05, 0.1) is 13.2 Å². The number of aromatic nitrogens is 2. The molecule has 6 heteroatoms. The van der Waals surface area contributed by atoms with Crippen molar-refractivity contribution in [1.29, 1.82) is 0 Å². The summed E-state index contributed by atoms with van der Waals surface area (Å²) in [7, 11) is 1.64. The second-order valence-electron chi connectivity index (χ2n) is 5.19. The summed E-state index contributed by atoms with van der Waals surface area (Å²) in [4.78, 5) is 4.18. The molecule has 3 aromatic rings. The smallest absolute Gasteiger partial charge is 0.227 e. The molecule has 116 valence electrons. The summed E-state index contributed by atoms with van der Waals surface area (Å²) in [5, 5.41) is 8.20. The molecule has 2 aromatic heterocycles. The second kappa shape index (κ2) is 6.19. The number of nitrogens with zero attached hydrogens (tertiary/aromatic N) is 2. The lowest BCUT2D eigenvalue weighted by atomic mass is 10.2. The largest absolute Gasteiger partial charge is 0.493 e. The number of rotatable bonds is 6. The number of ether oxygens (including phenoxy) is 1. The molecule has 0 aliphatic carbocycles. The van der Waals surface area contributed by atoms with Crippen LogP contribution >= 0.6 is 0 Å². The molecule has 1 atom stereocenters. The van der Waals surface area contributed by atoms with Crippen molar-refractivity contribution in [2.24, 2.45) is 0 Å². The molecule has 0 unspecified atom stereocenters. The molecule has 0 radical (unpaired) electrons. The van der Waals surface area contributed by atoms with Gasteiger partial charge in [-0.25, -0.2) is 0 Å². The summed E-state index contributed by atoms with van der Waals surface area (Å²) in [6.07, 6.45) is 0.689. The third-order valence-corrected chi connectivity index (χ3v) is 3.53. The second-order valence-corrected chi connectivity index (χ2v) is 5.19. The van der Waals surface area contributed by atoms with Gasteiger partial charge in [0.25, 0.3) is 0 Å². The number of methoxy groups -OCH3 is 1. The summed E-state index contributed by atoms with van der Waals surface area (Å²) < 4.78 is 16.3. The molecule has 1 aromatic carbocycles. The van der Waals surface area contributed by atoms with Gasteiger partial charge < -0.3 is 19.0 Å². The minimum absolute atomic E-state index is 0.0844. The fourth-order valence-corrected chi connectivity index (χ4v) is 2.37. The lowest BCUT2D eigenvalue weighted by Crippen LogP contribution is -2.21. The Kier molecular flexibility index (Phi) is 4.11. The number of para-hydroxylation sites is 1. The Hall–Kier alpha value is -2.34. The molecule has 0 spiro atoms. The molecule has 0 fully saturated rings. The molecule has 0 bridgehead atoms. The normalized spacial score (nSPS) is 12.7. The highest BCUT2D eigenvalue weighted by molar-refractivity contribution is 5.83. The predicted molar refractivity (Wildman–Crippen MR) is 81.9 cm³/mol. The standard InChI is InChI=1S/C16H19N3O3/c1-10(17-8-7-15-18-11(2)19-22-15)14-9-12-5-4-6-13(20-3)16(12)21-14/h4-6,9-10,17H,7-8H2,1-3H3/t10-/m0/s1. The average molecular weight is 301 g/mol. The van der Waals surface area contributed by atoms with Crippen molar-refractivity contribution in [3.05, 3.63) is 41.7 Å². The highest BCUT2D eigenvalue weighted by Crippen LogP contribution is 2.30. The van der Waals surface area contributed by atoms with Gasteiger partial charge in [-0.15, -0.1) is 0 Å². The Morgan fingerprint density at radius 2 is 2.23 bits per heavy atom. The van der Waals surface area contributed by atoms with E-state index in [0.717, 1.165) is 29.0 Å². The van der Waals surface area contributed by atoms with Crippen LogP contribution in [0.4, 0.5) is 0 Å². The average Bonchev–Trinajstić information content (AvgIpc) is 3.12. The number of furan rings is 1. The maximum atomic E-state index is 5.92. The number of hydrogen-bond donors (Lipinski definition) is 1. The first-order valence-corrected chi connectivity index (χ1v) is 7.26. The molecule has 0 aliphatic rings. The van der Waals surface area contributed by atoms with E-state index in [1.54, 1.807) is 7.11 Å². The fourth-order valence-electron chi connectivity index (χ4n) is 2.37. The van der Waals surface area contributed by atoms with Crippen molar-refractivity contribution >= 4 is 11.0 Å². The van der Waals surface area contributed by atoms with Crippen LogP contribution in [0, 0.1) is 6.92 Å². The Morgan fingerprint density at radius 3 is 2.95 bits per heavy atom. The van der Waals surface area contributed by atoms with Gasteiger partial charge in [0.2, 0.25) is 5.89 Å². The Morgan fingerprint density at radius 1 is 1.36 bits per heavy atom. The summed E-state index contributed by atoms with van der Waals surface area (Å²) >= 11 is 0. The zero-order valence-electron chi connectivity index (χ0n) is 12.9. The molecule has 22 heavy (non-hydrogen) atoms. The van der Waals surface area contributed by atoms with Crippen molar-refractivity contribution in [3.8, 4) is 5.75 Å². The van der Waals surface area contributed by atoms with Crippen LogP contribution in [0.15, 0.2) is 33.2 Å². The summed E-state index contributed by atoms with van der Waals surface area (Å²) in [6, 6.07) is 7.98. The number of hydrogen-bond acceptors (Lipinski definition) is 6. The van der Waals surface area contributed by atoms with Crippen molar-refractivity contribution in [2.45, 2.75) is 26.3 Å². The summed E-state index contributed by atoms with van der Waals surface area (Å²) in [6.45, 7) is 4.60.